The Labute approximate surface area is 577 Å². The van der Waals surface area contributed by atoms with Crippen LogP contribution in [-0.2, 0) is 48.4 Å². The fourth-order valence-electron chi connectivity index (χ4n) is 11.8. The standard InChI is InChI=1S/C25H27FN4O4.C23H25F3N4O4.C23H26F2N4O4/c26-20-13-30(23(32)14-31)9-6-22(20)34-21-5-4-17(10-18(21)12-27)16-2-1-3-19(11-16)29-24(33)25(15-28)7-8-25;24-17-11-30(21(32)12-31)6-4-20(17)34-19-2-1-13(7-14(19)10-27)18-8-15(3-5-28-18)29-22(33)16-9-23(16,25)26;24-23(25)13-29(21(31)12-30)8-6-20(23)33-19-4-3-15(9-16(19)11-26)18-10-17(5-7-27-18)28-22(32)14-1-2-14/h1-5,10-11,20,22,31H,6-9,12-14,27H2,(H,29,33);1-3,5,7-8,16-17,20,31H,4,6,9-12,27H2,(H,28,29,33);3-5,7,9-10,14,20,30H,1-2,6,8,11-13,26H2,(H,27,28,32)/t20-,22+;16?,17-,20+;20-/m110/s1. The Morgan fingerprint density at radius 1 is 0.545 bits per heavy atom. The molecule has 12 rings (SSSR count). The average molecular weight is 1410 g/mol. The van der Waals surface area contributed by atoms with Crippen LogP contribution in [0.3, 0.4) is 0 Å². The van der Waals surface area contributed by atoms with Crippen molar-refractivity contribution in [2.45, 2.75) is 114 Å². The molecule has 3 aliphatic carbocycles. The second-order valence-corrected chi connectivity index (χ2v) is 25.5. The van der Waals surface area contributed by atoms with E-state index in [0.29, 0.717) is 93.6 Å². The molecule has 12 N–H and O–H groups in total. The van der Waals surface area contributed by atoms with Gasteiger partial charge in [-0.15, -0.1) is 0 Å². The quantitative estimate of drug-likeness (QED) is 0.0341. The first-order valence-corrected chi connectivity index (χ1v) is 33.0. The number of alkyl halides is 6. The van der Waals surface area contributed by atoms with Gasteiger partial charge in [-0.25, -0.2) is 26.3 Å². The minimum absolute atomic E-state index is 0.00814. The predicted molar refractivity (Wildman–Crippen MR) is 357 cm³/mol. The maximum Gasteiger partial charge on any atom is 0.301 e. The van der Waals surface area contributed by atoms with Crippen molar-refractivity contribution in [3.63, 3.8) is 0 Å². The summed E-state index contributed by atoms with van der Waals surface area (Å²) in [4.78, 5) is 83.3. The Morgan fingerprint density at radius 2 is 0.990 bits per heavy atom. The highest BCUT2D eigenvalue weighted by Crippen LogP contribution is 2.49. The first-order valence-electron chi connectivity index (χ1n) is 33.0. The first kappa shape index (κ1) is 73.9. The number of nitrogens with one attached hydrogen (secondary N) is 3. The number of halogens is 6. The molecule has 6 fully saturated rings. The van der Waals surface area contributed by atoms with Gasteiger partial charge in [-0.05, 0) is 122 Å². The minimum atomic E-state index is -3.27. The number of amides is 6. The topological polar surface area (TPSA) is 364 Å². The molecule has 0 radical (unpaired) electrons. The zero-order chi connectivity index (χ0) is 72.3. The number of pyridine rings is 2. The van der Waals surface area contributed by atoms with Crippen molar-refractivity contribution in [2.24, 2.45) is 34.5 Å². The molecule has 3 saturated heterocycles. The number of nitriles is 1. The molecule has 0 spiro atoms. The molecule has 30 heteroatoms. The van der Waals surface area contributed by atoms with Crippen molar-refractivity contribution in [1.29, 1.82) is 5.26 Å². The SMILES string of the molecule is N#CC1(C(=O)Nc2cccc(-c3ccc(O[C@H]4CCN(C(=O)CO)C[C@H]4F)c(CN)c3)c2)CC1.NCc1cc(-c2cc(NC(=O)C3CC3(F)F)ccn2)ccc1O[C@H]1CCN(C(=O)CO)C[C@H]1F.NCc1cc(-c2cc(NC(=O)C3CC3)ccn2)ccc1O[C@H]1CCN(C(=O)CO)CC1(F)F. The van der Waals surface area contributed by atoms with E-state index in [1.54, 1.807) is 72.9 Å². The lowest BCUT2D eigenvalue weighted by Gasteiger charge is -2.38. The molecule has 101 heavy (non-hydrogen) atoms. The van der Waals surface area contributed by atoms with Gasteiger partial charge in [0.2, 0.25) is 35.4 Å². The third kappa shape index (κ3) is 18.4. The predicted octanol–water partition coefficient (Wildman–Crippen LogP) is 6.64. The number of hydrogen-bond acceptors (Lipinski definition) is 18. The second-order valence-electron chi connectivity index (χ2n) is 25.5. The van der Waals surface area contributed by atoms with Gasteiger partial charge in [0.25, 0.3) is 5.92 Å². The zero-order valence-corrected chi connectivity index (χ0v) is 54.9. The molecule has 536 valence electrons. The number of aromatic nitrogens is 2. The number of ether oxygens (including phenoxy) is 3. The Morgan fingerprint density at radius 3 is 1.44 bits per heavy atom. The lowest BCUT2D eigenvalue weighted by atomic mass is 10.0. The van der Waals surface area contributed by atoms with Crippen LogP contribution < -0.4 is 47.4 Å². The summed E-state index contributed by atoms with van der Waals surface area (Å²) < 4.78 is 102. The molecule has 5 heterocycles. The molecular weight excluding hydrogens is 1330 g/mol. The van der Waals surface area contributed by atoms with E-state index in [-0.39, 0.29) is 82.1 Å². The van der Waals surface area contributed by atoms with Crippen molar-refractivity contribution in [2.75, 3.05) is 75.0 Å². The molecule has 3 aliphatic heterocycles. The van der Waals surface area contributed by atoms with Crippen LogP contribution in [0.5, 0.6) is 17.2 Å². The molecule has 6 aliphatic rings. The van der Waals surface area contributed by atoms with E-state index in [0.717, 1.165) is 28.9 Å². The van der Waals surface area contributed by atoms with Gasteiger partial charge < -0.3 is 77.4 Å². The molecule has 6 atom stereocenters. The maximum absolute atomic E-state index is 14.6. The number of aliphatic hydroxyl groups is 3. The highest BCUT2D eigenvalue weighted by Gasteiger charge is 2.61. The third-order valence-corrected chi connectivity index (χ3v) is 18.2. The zero-order valence-electron chi connectivity index (χ0n) is 54.9. The van der Waals surface area contributed by atoms with Crippen LogP contribution in [-0.4, -0.2) is 177 Å². The number of piperidine rings is 3. The number of carbonyl (C=O) groups excluding carboxylic acids is 6. The monoisotopic (exact) mass is 1400 g/mol. The number of nitrogens with two attached hydrogens (primary N) is 3. The van der Waals surface area contributed by atoms with Crippen molar-refractivity contribution in [3.8, 4) is 57.0 Å². The number of benzene rings is 4. The molecule has 6 amide bonds. The number of aliphatic hydroxyl groups excluding tert-OH is 3. The first-order chi connectivity index (χ1) is 48.4. The van der Waals surface area contributed by atoms with Crippen LogP contribution in [0.1, 0.15) is 68.1 Å². The van der Waals surface area contributed by atoms with Gasteiger partial charge in [0.05, 0.1) is 37.1 Å². The summed E-state index contributed by atoms with van der Waals surface area (Å²) in [5.74, 6) is -9.11. The number of likely N-dealkylation sites (tertiary alicyclic amines) is 3. The van der Waals surface area contributed by atoms with Gasteiger partial charge in [0.1, 0.15) is 60.6 Å². The Balaban J connectivity index is 0.000000163. The molecule has 0 bridgehead atoms. The molecule has 4 aromatic carbocycles. The molecule has 6 aromatic rings. The van der Waals surface area contributed by atoms with Gasteiger partial charge in [-0.1, -0.05) is 18.2 Å². The summed E-state index contributed by atoms with van der Waals surface area (Å²) in [6.45, 7) is -2.19. The number of nitrogens with zero attached hydrogens (tertiary/aromatic N) is 6. The van der Waals surface area contributed by atoms with E-state index < -0.39 is 110 Å². The fourth-order valence-corrected chi connectivity index (χ4v) is 11.8. The summed E-state index contributed by atoms with van der Waals surface area (Å²) in [6, 6.07) is 31.5. The molecular formula is C71H78F6N12O12. The highest BCUT2D eigenvalue weighted by molar-refractivity contribution is 6.00. The number of carbonyl (C=O) groups is 6. The van der Waals surface area contributed by atoms with Crippen LogP contribution in [0.2, 0.25) is 0 Å². The second kappa shape index (κ2) is 32.3. The van der Waals surface area contributed by atoms with Crippen molar-refractivity contribution < 1.29 is 84.6 Å². The smallest absolute Gasteiger partial charge is 0.301 e. The highest BCUT2D eigenvalue weighted by atomic mass is 19.3. The largest absolute Gasteiger partial charge is 0.487 e. The summed E-state index contributed by atoms with van der Waals surface area (Å²) in [5.41, 5.74) is 24.3. The molecule has 2 aromatic heterocycles. The number of rotatable bonds is 21. The Kier molecular flexibility index (Phi) is 23.6. The Hall–Kier alpha value is -9.77. The van der Waals surface area contributed by atoms with E-state index in [1.165, 1.54) is 22.1 Å². The minimum Gasteiger partial charge on any atom is -0.487 e. The summed E-state index contributed by atoms with van der Waals surface area (Å²) in [5, 5.41) is 44.3. The van der Waals surface area contributed by atoms with Crippen LogP contribution in [0.15, 0.2) is 116 Å². The normalized spacial score (nSPS) is 21.3. The van der Waals surface area contributed by atoms with Gasteiger partial charge in [0.15, 0.2) is 18.4 Å². The summed E-state index contributed by atoms with van der Waals surface area (Å²) in [6.07, 6.45) is 0.356. The number of anilines is 3. The van der Waals surface area contributed by atoms with E-state index >= 15 is 0 Å². The third-order valence-electron chi connectivity index (χ3n) is 18.2. The lowest BCUT2D eigenvalue weighted by Crippen LogP contribution is -2.55. The van der Waals surface area contributed by atoms with E-state index in [4.69, 9.17) is 46.7 Å². The maximum atomic E-state index is 14.6. The van der Waals surface area contributed by atoms with Crippen molar-refractivity contribution in [1.82, 2.24) is 24.7 Å². The summed E-state index contributed by atoms with van der Waals surface area (Å²) >= 11 is 0. The summed E-state index contributed by atoms with van der Waals surface area (Å²) in [7, 11) is 0. The Bertz CT molecular complexity index is 4070. The van der Waals surface area contributed by atoms with Crippen molar-refractivity contribution >= 4 is 52.5 Å². The fraction of sp³-hybridized carbons (Fsp3) is 0.423. The van der Waals surface area contributed by atoms with Gasteiger partial charge in [0, 0.05) is 128 Å². The van der Waals surface area contributed by atoms with E-state index in [1.807, 2.05) is 30.3 Å². The molecule has 1 unspecified atom stereocenters. The number of hydrogen-bond donors (Lipinski definition) is 9. The van der Waals surface area contributed by atoms with E-state index in [9.17, 15) is 60.4 Å². The van der Waals surface area contributed by atoms with Gasteiger partial charge in [-0.3, -0.25) is 38.7 Å². The van der Waals surface area contributed by atoms with Crippen LogP contribution >= 0.6 is 0 Å². The molecule has 24 nitrogen and oxygen atoms in total. The lowest BCUT2D eigenvalue weighted by molar-refractivity contribution is -0.162. The van der Waals surface area contributed by atoms with Crippen LogP contribution in [0, 0.1) is 28.6 Å². The van der Waals surface area contributed by atoms with Gasteiger partial charge >= 0.3 is 5.92 Å². The van der Waals surface area contributed by atoms with Crippen LogP contribution in [0.25, 0.3) is 33.6 Å². The average Bonchev–Trinajstić information content (AvgIpc) is 1.69. The van der Waals surface area contributed by atoms with Gasteiger partial charge in [-0.2, -0.15) is 5.26 Å². The van der Waals surface area contributed by atoms with Crippen LogP contribution in [0.4, 0.5) is 43.4 Å². The van der Waals surface area contributed by atoms with E-state index in [2.05, 4.69) is 32.0 Å². The molecule has 3 saturated carbocycles. The van der Waals surface area contributed by atoms with Crippen molar-refractivity contribution in [3.05, 3.63) is 132 Å².